The van der Waals surface area contributed by atoms with Gasteiger partial charge in [-0.25, -0.2) is 0 Å². The Bertz CT molecular complexity index is 344. The van der Waals surface area contributed by atoms with Gasteiger partial charge in [0, 0.05) is 17.9 Å². The van der Waals surface area contributed by atoms with Crippen molar-refractivity contribution in [1.29, 1.82) is 0 Å². The molecular formula is C15H21ClO. The van der Waals surface area contributed by atoms with E-state index in [-0.39, 0.29) is 5.38 Å². The van der Waals surface area contributed by atoms with Gasteiger partial charge in [0.1, 0.15) is 0 Å². The number of benzene rings is 1. The smallest absolute Gasteiger partial charge is 0.0511 e. The van der Waals surface area contributed by atoms with Crippen LogP contribution >= 0.6 is 11.6 Å². The van der Waals surface area contributed by atoms with Crippen molar-refractivity contribution in [1.82, 2.24) is 0 Å². The molecule has 94 valence electrons. The van der Waals surface area contributed by atoms with Gasteiger partial charge in [-0.05, 0) is 29.9 Å². The molecule has 2 atom stereocenters. The SMILES string of the molecule is CC(C)c1ccc(CC2COCCC2Cl)cc1. The lowest BCUT2D eigenvalue weighted by Gasteiger charge is -2.27. The van der Waals surface area contributed by atoms with Crippen molar-refractivity contribution in [3.05, 3.63) is 35.4 Å². The standard InChI is InChI=1S/C15H21ClO/c1-11(2)13-5-3-12(4-6-13)9-14-10-17-8-7-15(14)16/h3-6,11,14-15H,7-10H2,1-2H3. The number of alkyl halides is 1. The summed E-state index contributed by atoms with van der Waals surface area (Å²) < 4.78 is 5.50. The average molecular weight is 253 g/mol. The van der Waals surface area contributed by atoms with Gasteiger partial charge in [0.25, 0.3) is 0 Å². The highest BCUT2D eigenvalue weighted by atomic mass is 35.5. The molecule has 0 spiro atoms. The first-order valence-electron chi connectivity index (χ1n) is 6.47. The Morgan fingerprint density at radius 1 is 1.29 bits per heavy atom. The van der Waals surface area contributed by atoms with Gasteiger partial charge in [0.05, 0.1) is 6.61 Å². The Morgan fingerprint density at radius 2 is 2.00 bits per heavy atom. The van der Waals surface area contributed by atoms with E-state index in [0.717, 1.165) is 26.1 Å². The lowest BCUT2D eigenvalue weighted by molar-refractivity contribution is 0.0578. The van der Waals surface area contributed by atoms with E-state index in [0.29, 0.717) is 11.8 Å². The highest BCUT2D eigenvalue weighted by Crippen LogP contribution is 2.25. The number of halogens is 1. The van der Waals surface area contributed by atoms with Gasteiger partial charge in [-0.3, -0.25) is 0 Å². The normalized spacial score (nSPS) is 25.2. The van der Waals surface area contributed by atoms with Crippen LogP contribution in [0, 0.1) is 5.92 Å². The van der Waals surface area contributed by atoms with Crippen LogP contribution in [-0.2, 0) is 11.2 Å². The third-order valence-corrected chi connectivity index (χ3v) is 4.10. The fourth-order valence-electron chi connectivity index (χ4n) is 2.30. The van der Waals surface area contributed by atoms with Gasteiger partial charge in [-0.2, -0.15) is 0 Å². The van der Waals surface area contributed by atoms with E-state index in [4.69, 9.17) is 16.3 Å². The molecular weight excluding hydrogens is 232 g/mol. The first kappa shape index (κ1) is 12.9. The molecule has 0 aromatic heterocycles. The minimum Gasteiger partial charge on any atom is -0.381 e. The summed E-state index contributed by atoms with van der Waals surface area (Å²) in [7, 11) is 0. The van der Waals surface area contributed by atoms with Crippen LogP contribution in [0.15, 0.2) is 24.3 Å². The third-order valence-electron chi connectivity index (χ3n) is 3.53. The maximum Gasteiger partial charge on any atom is 0.0511 e. The van der Waals surface area contributed by atoms with Crippen molar-refractivity contribution in [3.63, 3.8) is 0 Å². The highest BCUT2D eigenvalue weighted by molar-refractivity contribution is 6.20. The van der Waals surface area contributed by atoms with Crippen molar-refractivity contribution in [2.75, 3.05) is 13.2 Å². The molecule has 1 heterocycles. The van der Waals surface area contributed by atoms with Crippen LogP contribution in [-0.4, -0.2) is 18.6 Å². The van der Waals surface area contributed by atoms with E-state index in [1.807, 2.05) is 0 Å². The van der Waals surface area contributed by atoms with E-state index in [1.165, 1.54) is 11.1 Å². The second kappa shape index (κ2) is 5.88. The van der Waals surface area contributed by atoms with Crippen LogP contribution < -0.4 is 0 Å². The van der Waals surface area contributed by atoms with Gasteiger partial charge < -0.3 is 4.74 Å². The molecule has 1 aliphatic rings. The van der Waals surface area contributed by atoms with Crippen LogP contribution in [0.2, 0.25) is 0 Å². The summed E-state index contributed by atoms with van der Waals surface area (Å²) >= 11 is 6.33. The van der Waals surface area contributed by atoms with Crippen molar-refractivity contribution in [2.45, 2.75) is 38.0 Å². The Hall–Kier alpha value is -0.530. The minimum atomic E-state index is 0.272. The monoisotopic (exact) mass is 252 g/mol. The summed E-state index contributed by atoms with van der Waals surface area (Å²) in [5.41, 5.74) is 2.77. The molecule has 0 N–H and O–H groups in total. The predicted octanol–water partition coefficient (Wildman–Crippen LogP) is 4.00. The summed E-state index contributed by atoms with van der Waals surface area (Å²) in [5, 5.41) is 0.272. The van der Waals surface area contributed by atoms with Crippen LogP contribution in [0.25, 0.3) is 0 Å². The van der Waals surface area contributed by atoms with Gasteiger partial charge in [0.15, 0.2) is 0 Å². The quantitative estimate of drug-likeness (QED) is 0.739. The van der Waals surface area contributed by atoms with E-state index < -0.39 is 0 Å². The first-order chi connectivity index (χ1) is 8.16. The van der Waals surface area contributed by atoms with Crippen molar-refractivity contribution in [3.8, 4) is 0 Å². The molecule has 0 saturated carbocycles. The first-order valence-corrected chi connectivity index (χ1v) is 6.91. The summed E-state index contributed by atoms with van der Waals surface area (Å²) in [4.78, 5) is 0. The minimum absolute atomic E-state index is 0.272. The van der Waals surface area contributed by atoms with Gasteiger partial charge in [-0.1, -0.05) is 38.1 Å². The molecule has 0 aliphatic carbocycles. The molecule has 1 aromatic carbocycles. The van der Waals surface area contributed by atoms with Crippen molar-refractivity contribution >= 4 is 11.6 Å². The van der Waals surface area contributed by atoms with E-state index >= 15 is 0 Å². The Kier molecular flexibility index (Phi) is 4.47. The molecule has 17 heavy (non-hydrogen) atoms. The molecule has 2 unspecified atom stereocenters. The molecule has 1 aliphatic heterocycles. The van der Waals surface area contributed by atoms with Gasteiger partial charge in [-0.15, -0.1) is 11.6 Å². The lowest BCUT2D eigenvalue weighted by Crippen LogP contribution is -2.29. The van der Waals surface area contributed by atoms with E-state index in [2.05, 4.69) is 38.1 Å². The van der Waals surface area contributed by atoms with E-state index in [1.54, 1.807) is 0 Å². The maximum atomic E-state index is 6.33. The molecule has 2 heteroatoms. The van der Waals surface area contributed by atoms with Crippen LogP contribution in [0.4, 0.5) is 0 Å². The van der Waals surface area contributed by atoms with E-state index in [9.17, 15) is 0 Å². The largest absolute Gasteiger partial charge is 0.381 e. The summed E-state index contributed by atoms with van der Waals surface area (Å²) in [6.07, 6.45) is 2.02. The number of rotatable bonds is 3. The molecule has 0 amide bonds. The molecule has 1 fully saturated rings. The number of ether oxygens (including phenoxy) is 1. The van der Waals surface area contributed by atoms with Crippen LogP contribution in [0.1, 0.15) is 37.3 Å². The molecule has 0 bridgehead atoms. The summed E-state index contributed by atoms with van der Waals surface area (Å²) in [5.74, 6) is 1.07. The van der Waals surface area contributed by atoms with Crippen molar-refractivity contribution in [2.24, 2.45) is 5.92 Å². The molecule has 2 rings (SSSR count). The average Bonchev–Trinajstić information content (AvgIpc) is 2.33. The van der Waals surface area contributed by atoms with Crippen molar-refractivity contribution < 1.29 is 4.74 Å². The zero-order chi connectivity index (χ0) is 12.3. The lowest BCUT2D eigenvalue weighted by atomic mass is 9.92. The number of hydrogen-bond acceptors (Lipinski definition) is 1. The summed E-state index contributed by atoms with van der Waals surface area (Å²) in [6, 6.07) is 8.92. The highest BCUT2D eigenvalue weighted by Gasteiger charge is 2.23. The molecule has 1 aromatic rings. The van der Waals surface area contributed by atoms with Crippen LogP contribution in [0.5, 0.6) is 0 Å². The van der Waals surface area contributed by atoms with Crippen LogP contribution in [0.3, 0.4) is 0 Å². The second-order valence-corrected chi connectivity index (χ2v) is 5.80. The fourth-order valence-corrected chi connectivity index (χ4v) is 2.55. The summed E-state index contributed by atoms with van der Waals surface area (Å²) in [6.45, 7) is 6.06. The zero-order valence-electron chi connectivity index (χ0n) is 10.7. The predicted molar refractivity (Wildman–Crippen MR) is 72.8 cm³/mol. The number of hydrogen-bond donors (Lipinski definition) is 0. The molecule has 1 nitrogen and oxygen atoms in total. The zero-order valence-corrected chi connectivity index (χ0v) is 11.4. The molecule has 1 saturated heterocycles. The topological polar surface area (TPSA) is 9.23 Å². The Morgan fingerprint density at radius 3 is 2.59 bits per heavy atom. The Labute approximate surface area is 109 Å². The Balaban J connectivity index is 1.98. The third kappa shape index (κ3) is 3.46. The van der Waals surface area contributed by atoms with Gasteiger partial charge >= 0.3 is 0 Å². The molecule has 0 radical (unpaired) electrons. The fraction of sp³-hybridized carbons (Fsp3) is 0.600. The second-order valence-electron chi connectivity index (χ2n) is 5.24. The van der Waals surface area contributed by atoms with Gasteiger partial charge in [0.2, 0.25) is 0 Å². The maximum absolute atomic E-state index is 6.33.